The van der Waals surface area contributed by atoms with Crippen LogP contribution >= 0.6 is 0 Å². The van der Waals surface area contributed by atoms with E-state index in [1.54, 1.807) is 0 Å². The average Bonchev–Trinajstić information content (AvgIpc) is 3.20. The topological polar surface area (TPSA) is 12.0 Å². The largest absolute Gasteiger partial charge is 0.355 e. The highest BCUT2D eigenvalue weighted by Gasteiger charge is 2.35. The van der Waals surface area contributed by atoms with Gasteiger partial charge in [0, 0.05) is 22.4 Å². The molecule has 1 aliphatic rings. The molecule has 1 heteroatoms. The molecule has 0 amide bonds. The Morgan fingerprint density at radius 3 is 2.00 bits per heavy atom. The SMILES string of the molecule is CC1(C)c2ccccc2-c2ccc(-c3c(Nc4ccc(-c5ccccc5)cc4)ccc4ccccc34)cc21. The van der Waals surface area contributed by atoms with Crippen LogP contribution in [0.1, 0.15) is 25.0 Å². The Morgan fingerprint density at radius 1 is 0.500 bits per heavy atom. The molecule has 0 fully saturated rings. The van der Waals surface area contributed by atoms with Gasteiger partial charge >= 0.3 is 0 Å². The van der Waals surface area contributed by atoms with Gasteiger partial charge in [-0.2, -0.15) is 0 Å². The molecule has 0 aromatic heterocycles. The monoisotopic (exact) mass is 487 g/mol. The van der Waals surface area contributed by atoms with Gasteiger partial charge in [0.05, 0.1) is 0 Å². The normalized spacial score (nSPS) is 13.2. The predicted octanol–water partition coefficient (Wildman–Crippen LogP) is 10.2. The third-order valence-corrected chi connectivity index (χ3v) is 8.07. The summed E-state index contributed by atoms with van der Waals surface area (Å²) in [6.07, 6.45) is 0. The van der Waals surface area contributed by atoms with E-state index in [1.165, 1.54) is 55.3 Å². The van der Waals surface area contributed by atoms with E-state index < -0.39 is 0 Å². The molecule has 7 rings (SSSR count). The number of nitrogens with one attached hydrogen (secondary N) is 1. The summed E-state index contributed by atoms with van der Waals surface area (Å²) < 4.78 is 0. The molecule has 0 bridgehead atoms. The first kappa shape index (κ1) is 22.6. The molecule has 1 nitrogen and oxygen atoms in total. The molecular formula is C37H29N. The van der Waals surface area contributed by atoms with Crippen molar-refractivity contribution in [1.29, 1.82) is 0 Å². The Bertz CT molecular complexity index is 1790. The molecule has 6 aromatic carbocycles. The van der Waals surface area contributed by atoms with Crippen LogP contribution in [0.5, 0.6) is 0 Å². The van der Waals surface area contributed by atoms with Gasteiger partial charge in [-0.25, -0.2) is 0 Å². The Kier molecular flexibility index (Phi) is 5.19. The molecule has 0 aliphatic heterocycles. The summed E-state index contributed by atoms with van der Waals surface area (Å²) >= 11 is 0. The number of hydrogen-bond acceptors (Lipinski definition) is 1. The van der Waals surface area contributed by atoms with Crippen molar-refractivity contribution < 1.29 is 0 Å². The molecule has 182 valence electrons. The molecular weight excluding hydrogens is 458 g/mol. The minimum Gasteiger partial charge on any atom is -0.355 e. The number of anilines is 2. The summed E-state index contributed by atoms with van der Waals surface area (Å²) in [4.78, 5) is 0. The molecule has 0 saturated heterocycles. The molecule has 0 atom stereocenters. The predicted molar refractivity (Wildman–Crippen MR) is 162 cm³/mol. The van der Waals surface area contributed by atoms with Crippen molar-refractivity contribution >= 4 is 22.1 Å². The third kappa shape index (κ3) is 3.63. The molecule has 0 spiro atoms. The molecule has 0 radical (unpaired) electrons. The maximum absolute atomic E-state index is 3.75. The molecule has 0 saturated carbocycles. The standard InChI is InChI=1S/C37H29N/c1-37(2)33-15-9-8-14-31(33)32-22-18-28(24-34(32)37)36-30-13-7-6-12-27(30)19-23-35(36)38-29-20-16-26(17-21-29)25-10-4-3-5-11-25/h3-24,38H,1-2H3. The van der Waals surface area contributed by atoms with Crippen LogP contribution in [0.15, 0.2) is 133 Å². The lowest BCUT2D eigenvalue weighted by Gasteiger charge is -2.23. The van der Waals surface area contributed by atoms with Crippen LogP contribution in [0.2, 0.25) is 0 Å². The van der Waals surface area contributed by atoms with Crippen LogP contribution in [0.4, 0.5) is 11.4 Å². The summed E-state index contributed by atoms with van der Waals surface area (Å²) in [7, 11) is 0. The molecule has 0 heterocycles. The van der Waals surface area contributed by atoms with Crippen LogP contribution in [0.25, 0.3) is 44.2 Å². The zero-order valence-electron chi connectivity index (χ0n) is 21.7. The van der Waals surface area contributed by atoms with Gasteiger partial charge in [0.2, 0.25) is 0 Å². The molecule has 1 N–H and O–H groups in total. The maximum Gasteiger partial charge on any atom is 0.0470 e. The number of rotatable bonds is 4. The second-order valence-corrected chi connectivity index (χ2v) is 10.7. The Morgan fingerprint density at radius 2 is 1.16 bits per heavy atom. The zero-order valence-corrected chi connectivity index (χ0v) is 21.7. The lowest BCUT2D eigenvalue weighted by atomic mass is 9.81. The second kappa shape index (κ2) is 8.75. The van der Waals surface area contributed by atoms with Crippen LogP contribution in [0, 0.1) is 0 Å². The summed E-state index contributed by atoms with van der Waals surface area (Å²) in [5.74, 6) is 0. The smallest absolute Gasteiger partial charge is 0.0470 e. The fraction of sp³-hybridized carbons (Fsp3) is 0.0811. The first-order chi connectivity index (χ1) is 18.6. The van der Waals surface area contributed by atoms with Crippen molar-refractivity contribution in [2.45, 2.75) is 19.3 Å². The Labute approximate surface area is 224 Å². The van der Waals surface area contributed by atoms with Crippen LogP contribution < -0.4 is 5.32 Å². The summed E-state index contributed by atoms with van der Waals surface area (Å²) in [5.41, 5.74) is 12.6. The molecule has 1 aliphatic carbocycles. The van der Waals surface area contributed by atoms with Gasteiger partial charge < -0.3 is 5.32 Å². The fourth-order valence-electron chi connectivity index (χ4n) is 6.08. The highest BCUT2D eigenvalue weighted by atomic mass is 14.9. The lowest BCUT2D eigenvalue weighted by Crippen LogP contribution is -2.14. The van der Waals surface area contributed by atoms with Gasteiger partial charge in [-0.1, -0.05) is 123 Å². The fourth-order valence-corrected chi connectivity index (χ4v) is 6.08. The molecule has 38 heavy (non-hydrogen) atoms. The Balaban J connectivity index is 1.34. The van der Waals surface area contributed by atoms with E-state index in [0.717, 1.165) is 11.4 Å². The van der Waals surface area contributed by atoms with Gasteiger partial charge in [0.15, 0.2) is 0 Å². The van der Waals surface area contributed by atoms with Crippen molar-refractivity contribution in [2.24, 2.45) is 0 Å². The van der Waals surface area contributed by atoms with E-state index >= 15 is 0 Å². The van der Waals surface area contributed by atoms with Crippen molar-refractivity contribution in [3.63, 3.8) is 0 Å². The highest BCUT2D eigenvalue weighted by Crippen LogP contribution is 2.50. The van der Waals surface area contributed by atoms with E-state index in [2.05, 4.69) is 153 Å². The minimum absolute atomic E-state index is 0.0343. The number of hydrogen-bond donors (Lipinski definition) is 1. The average molecular weight is 488 g/mol. The highest BCUT2D eigenvalue weighted by molar-refractivity contribution is 6.04. The first-order valence-corrected chi connectivity index (χ1v) is 13.3. The van der Waals surface area contributed by atoms with Gasteiger partial charge in [0.1, 0.15) is 0 Å². The van der Waals surface area contributed by atoms with Crippen molar-refractivity contribution in [1.82, 2.24) is 0 Å². The van der Waals surface area contributed by atoms with Crippen molar-refractivity contribution in [3.05, 3.63) is 145 Å². The molecule has 0 unspecified atom stereocenters. The second-order valence-electron chi connectivity index (χ2n) is 10.7. The molecule has 6 aromatic rings. The Hall–Kier alpha value is -4.62. The van der Waals surface area contributed by atoms with E-state index in [9.17, 15) is 0 Å². The zero-order chi connectivity index (χ0) is 25.7. The van der Waals surface area contributed by atoms with E-state index in [1.807, 2.05) is 0 Å². The van der Waals surface area contributed by atoms with Gasteiger partial charge in [-0.05, 0) is 74.0 Å². The van der Waals surface area contributed by atoms with Crippen molar-refractivity contribution in [3.8, 4) is 33.4 Å². The van der Waals surface area contributed by atoms with Crippen molar-refractivity contribution in [2.75, 3.05) is 5.32 Å². The quantitative estimate of drug-likeness (QED) is 0.261. The third-order valence-electron chi connectivity index (χ3n) is 8.07. The minimum atomic E-state index is -0.0343. The number of benzene rings is 6. The van der Waals surface area contributed by atoms with Gasteiger partial charge in [-0.15, -0.1) is 0 Å². The summed E-state index contributed by atoms with van der Waals surface area (Å²) in [6.45, 7) is 4.69. The summed E-state index contributed by atoms with van der Waals surface area (Å²) in [6, 6.07) is 48.2. The van der Waals surface area contributed by atoms with E-state index in [-0.39, 0.29) is 5.41 Å². The van der Waals surface area contributed by atoms with Gasteiger partial charge in [-0.3, -0.25) is 0 Å². The maximum atomic E-state index is 3.75. The number of fused-ring (bicyclic) bond motifs is 4. The van der Waals surface area contributed by atoms with Crippen LogP contribution in [-0.4, -0.2) is 0 Å². The summed E-state index contributed by atoms with van der Waals surface area (Å²) in [5, 5.41) is 6.25. The lowest BCUT2D eigenvalue weighted by molar-refractivity contribution is 0.660. The van der Waals surface area contributed by atoms with E-state index in [4.69, 9.17) is 0 Å². The van der Waals surface area contributed by atoms with Gasteiger partial charge in [0.25, 0.3) is 0 Å². The van der Waals surface area contributed by atoms with Crippen LogP contribution in [-0.2, 0) is 5.41 Å². The van der Waals surface area contributed by atoms with Crippen LogP contribution in [0.3, 0.4) is 0 Å². The first-order valence-electron chi connectivity index (χ1n) is 13.3. The van der Waals surface area contributed by atoms with E-state index in [0.29, 0.717) is 0 Å².